The number of hydrogen-bond donors (Lipinski definition) is 4. The zero-order valence-electron chi connectivity index (χ0n) is 10.8. The Morgan fingerprint density at radius 2 is 1.74 bits per heavy atom. The van der Waals surface area contributed by atoms with Crippen molar-refractivity contribution in [1.82, 2.24) is 10.6 Å². The minimum absolute atomic E-state index is 0.341. The lowest BCUT2D eigenvalue weighted by molar-refractivity contribution is -0.145. The third kappa shape index (κ3) is 8.11. The SMILES string of the molecule is COC(=O)[C@H](CCCCNC(=O)CO)NC(=O)CO. The smallest absolute Gasteiger partial charge is 0.328 e. The van der Waals surface area contributed by atoms with Gasteiger partial charge in [0.05, 0.1) is 7.11 Å². The Bertz CT molecular complexity index is 308. The number of rotatable bonds is 9. The molecule has 0 spiro atoms. The Hall–Kier alpha value is -1.67. The van der Waals surface area contributed by atoms with Crippen molar-refractivity contribution >= 4 is 17.8 Å². The molecule has 0 aliphatic heterocycles. The molecule has 4 N–H and O–H groups in total. The van der Waals surface area contributed by atoms with Crippen LogP contribution in [0.1, 0.15) is 19.3 Å². The van der Waals surface area contributed by atoms with Crippen molar-refractivity contribution in [2.24, 2.45) is 0 Å². The lowest BCUT2D eigenvalue weighted by Crippen LogP contribution is -2.42. The third-order valence-electron chi connectivity index (χ3n) is 2.35. The van der Waals surface area contributed by atoms with Crippen LogP contribution in [0.25, 0.3) is 0 Å². The number of hydrogen-bond acceptors (Lipinski definition) is 6. The molecule has 0 radical (unpaired) electrons. The average molecular weight is 276 g/mol. The molecule has 0 aromatic carbocycles. The van der Waals surface area contributed by atoms with Crippen molar-refractivity contribution in [3.05, 3.63) is 0 Å². The van der Waals surface area contributed by atoms with Gasteiger partial charge in [-0.25, -0.2) is 4.79 Å². The maximum atomic E-state index is 11.4. The summed E-state index contributed by atoms with van der Waals surface area (Å²) in [5, 5.41) is 21.9. The van der Waals surface area contributed by atoms with E-state index in [-0.39, 0.29) is 0 Å². The first-order chi connectivity index (χ1) is 9.04. The molecule has 8 nitrogen and oxygen atoms in total. The zero-order valence-corrected chi connectivity index (χ0v) is 10.8. The first kappa shape index (κ1) is 17.3. The fourth-order valence-corrected chi connectivity index (χ4v) is 1.39. The number of amides is 2. The fourth-order valence-electron chi connectivity index (χ4n) is 1.39. The number of aliphatic hydroxyl groups is 2. The topological polar surface area (TPSA) is 125 Å². The number of methoxy groups -OCH3 is 1. The first-order valence-electron chi connectivity index (χ1n) is 5.90. The van der Waals surface area contributed by atoms with Gasteiger partial charge in [0.15, 0.2) is 0 Å². The maximum absolute atomic E-state index is 11.4. The van der Waals surface area contributed by atoms with Gasteiger partial charge in [-0.05, 0) is 19.3 Å². The highest BCUT2D eigenvalue weighted by Gasteiger charge is 2.20. The molecule has 0 aromatic heterocycles. The van der Waals surface area contributed by atoms with Gasteiger partial charge in [-0.2, -0.15) is 0 Å². The van der Waals surface area contributed by atoms with Crippen LogP contribution in [0.3, 0.4) is 0 Å². The predicted molar refractivity (Wildman–Crippen MR) is 65.0 cm³/mol. The van der Waals surface area contributed by atoms with Gasteiger partial charge in [-0.15, -0.1) is 0 Å². The van der Waals surface area contributed by atoms with Crippen LogP contribution in [0.4, 0.5) is 0 Å². The summed E-state index contributed by atoms with van der Waals surface area (Å²) in [7, 11) is 1.21. The van der Waals surface area contributed by atoms with Crippen LogP contribution in [0.2, 0.25) is 0 Å². The maximum Gasteiger partial charge on any atom is 0.328 e. The van der Waals surface area contributed by atoms with E-state index in [0.29, 0.717) is 25.8 Å². The minimum Gasteiger partial charge on any atom is -0.467 e. The van der Waals surface area contributed by atoms with Crippen LogP contribution in [-0.4, -0.2) is 60.9 Å². The summed E-state index contributed by atoms with van der Waals surface area (Å²) in [4.78, 5) is 33.1. The second kappa shape index (κ2) is 10.3. The Labute approximate surface area is 111 Å². The van der Waals surface area contributed by atoms with Crippen molar-refractivity contribution < 1.29 is 29.3 Å². The number of esters is 1. The van der Waals surface area contributed by atoms with E-state index in [2.05, 4.69) is 15.4 Å². The summed E-state index contributed by atoms with van der Waals surface area (Å²) >= 11 is 0. The molecule has 2 amide bonds. The molecule has 0 saturated carbocycles. The molecule has 0 aliphatic rings. The van der Waals surface area contributed by atoms with Crippen molar-refractivity contribution in [2.45, 2.75) is 25.3 Å². The van der Waals surface area contributed by atoms with Gasteiger partial charge < -0.3 is 25.6 Å². The molecule has 1 atom stereocenters. The molecule has 0 bridgehead atoms. The van der Waals surface area contributed by atoms with E-state index in [0.717, 1.165) is 0 Å². The summed E-state index contributed by atoms with van der Waals surface area (Å²) in [5.74, 6) is -1.69. The highest BCUT2D eigenvalue weighted by atomic mass is 16.5. The van der Waals surface area contributed by atoms with E-state index < -0.39 is 37.0 Å². The van der Waals surface area contributed by atoms with Crippen molar-refractivity contribution in [3.63, 3.8) is 0 Å². The third-order valence-corrected chi connectivity index (χ3v) is 2.35. The zero-order chi connectivity index (χ0) is 14.7. The van der Waals surface area contributed by atoms with Gasteiger partial charge in [0.1, 0.15) is 19.3 Å². The van der Waals surface area contributed by atoms with E-state index in [1.807, 2.05) is 0 Å². The van der Waals surface area contributed by atoms with Gasteiger partial charge in [0, 0.05) is 6.54 Å². The fraction of sp³-hybridized carbons (Fsp3) is 0.727. The van der Waals surface area contributed by atoms with Gasteiger partial charge in [0.2, 0.25) is 11.8 Å². The number of aliphatic hydroxyl groups excluding tert-OH is 2. The van der Waals surface area contributed by atoms with Gasteiger partial charge in [-0.1, -0.05) is 0 Å². The molecule has 0 unspecified atom stereocenters. The van der Waals surface area contributed by atoms with Crippen molar-refractivity contribution in [3.8, 4) is 0 Å². The standard InChI is InChI=1S/C11H20N2O6/c1-19-11(18)8(13-10(17)7-15)4-2-3-5-12-9(16)6-14/h8,14-15H,2-7H2,1H3,(H,12,16)(H,13,17)/t8-/m0/s1. The molecule has 0 aliphatic carbocycles. The minimum atomic E-state index is -0.807. The van der Waals surface area contributed by atoms with Gasteiger partial charge in [0.25, 0.3) is 0 Å². The van der Waals surface area contributed by atoms with Gasteiger partial charge >= 0.3 is 5.97 Å². The number of unbranched alkanes of at least 4 members (excludes halogenated alkanes) is 1. The number of ether oxygens (including phenoxy) is 1. The van der Waals surface area contributed by atoms with E-state index in [4.69, 9.17) is 10.2 Å². The number of carbonyl (C=O) groups is 3. The summed E-state index contributed by atoms with van der Waals surface area (Å²) in [6.07, 6.45) is 1.50. The normalized spacial score (nSPS) is 11.5. The highest BCUT2D eigenvalue weighted by molar-refractivity contribution is 5.84. The van der Waals surface area contributed by atoms with E-state index >= 15 is 0 Å². The van der Waals surface area contributed by atoms with E-state index in [1.54, 1.807) is 0 Å². The average Bonchev–Trinajstić information content (AvgIpc) is 2.43. The lowest BCUT2D eigenvalue weighted by atomic mass is 10.1. The molecule has 110 valence electrons. The van der Waals surface area contributed by atoms with Crippen LogP contribution in [0, 0.1) is 0 Å². The lowest BCUT2D eigenvalue weighted by Gasteiger charge is -2.15. The summed E-state index contributed by atoms with van der Waals surface area (Å²) in [5.41, 5.74) is 0. The van der Waals surface area contributed by atoms with E-state index in [9.17, 15) is 14.4 Å². The molecule has 0 fully saturated rings. The quantitative estimate of drug-likeness (QED) is 0.283. The largest absolute Gasteiger partial charge is 0.467 e. The van der Waals surface area contributed by atoms with Crippen molar-refractivity contribution in [1.29, 1.82) is 0 Å². The molecule has 19 heavy (non-hydrogen) atoms. The van der Waals surface area contributed by atoms with Crippen LogP contribution >= 0.6 is 0 Å². The molecular formula is C11H20N2O6. The van der Waals surface area contributed by atoms with Crippen LogP contribution in [0.15, 0.2) is 0 Å². The molecular weight excluding hydrogens is 256 g/mol. The predicted octanol–water partition coefficient (Wildman–Crippen LogP) is -2.08. The van der Waals surface area contributed by atoms with E-state index in [1.165, 1.54) is 7.11 Å². The Balaban J connectivity index is 3.96. The monoisotopic (exact) mass is 276 g/mol. The molecule has 0 aromatic rings. The molecule has 0 rings (SSSR count). The Morgan fingerprint density at radius 1 is 1.11 bits per heavy atom. The Kier molecular flexibility index (Phi) is 9.37. The summed E-state index contributed by atoms with van der Waals surface area (Å²) < 4.78 is 4.53. The summed E-state index contributed by atoms with van der Waals surface area (Å²) in [6, 6.07) is -0.807. The van der Waals surface area contributed by atoms with Crippen LogP contribution in [0.5, 0.6) is 0 Å². The van der Waals surface area contributed by atoms with Gasteiger partial charge in [-0.3, -0.25) is 9.59 Å². The Morgan fingerprint density at radius 3 is 2.26 bits per heavy atom. The second-order valence-electron chi connectivity index (χ2n) is 3.81. The van der Waals surface area contributed by atoms with Crippen LogP contribution in [-0.2, 0) is 19.1 Å². The highest BCUT2D eigenvalue weighted by Crippen LogP contribution is 2.02. The number of carbonyl (C=O) groups excluding carboxylic acids is 3. The molecule has 8 heteroatoms. The van der Waals surface area contributed by atoms with Crippen molar-refractivity contribution in [2.75, 3.05) is 26.9 Å². The first-order valence-corrected chi connectivity index (χ1v) is 5.90. The molecule has 0 heterocycles. The number of nitrogens with one attached hydrogen (secondary N) is 2. The second-order valence-corrected chi connectivity index (χ2v) is 3.81. The summed E-state index contributed by atoms with van der Waals surface area (Å²) in [6.45, 7) is -0.876. The van der Waals surface area contributed by atoms with Crippen LogP contribution < -0.4 is 10.6 Å². The molecule has 0 saturated heterocycles.